The molecular formula is C15H28N4O2. The summed E-state index contributed by atoms with van der Waals surface area (Å²) in [6, 6.07) is 0.502. The van der Waals surface area contributed by atoms with E-state index in [1.54, 1.807) is 0 Å². The van der Waals surface area contributed by atoms with Crippen molar-refractivity contribution in [2.75, 3.05) is 40.3 Å². The zero-order chi connectivity index (χ0) is 15.4. The largest absolute Gasteiger partial charge is 0.352 e. The first kappa shape index (κ1) is 16.2. The van der Waals surface area contributed by atoms with Gasteiger partial charge in [-0.3, -0.25) is 9.59 Å². The molecule has 0 radical (unpaired) electrons. The number of likely N-dealkylation sites (tertiary alicyclic amines) is 1. The maximum atomic E-state index is 12.4. The van der Waals surface area contributed by atoms with Crippen molar-refractivity contribution in [3.8, 4) is 0 Å². The van der Waals surface area contributed by atoms with Crippen molar-refractivity contribution in [2.45, 2.75) is 38.3 Å². The van der Waals surface area contributed by atoms with Crippen LogP contribution in [0.2, 0.25) is 0 Å². The summed E-state index contributed by atoms with van der Waals surface area (Å²) in [7, 11) is 3.98. The quantitative estimate of drug-likeness (QED) is 0.728. The van der Waals surface area contributed by atoms with Gasteiger partial charge in [0.2, 0.25) is 11.8 Å². The van der Waals surface area contributed by atoms with E-state index in [4.69, 9.17) is 0 Å². The van der Waals surface area contributed by atoms with Gasteiger partial charge in [-0.25, -0.2) is 0 Å². The predicted octanol–water partition coefficient (Wildman–Crippen LogP) is -0.347. The molecule has 120 valence electrons. The molecule has 2 N–H and O–H groups in total. The van der Waals surface area contributed by atoms with Crippen LogP contribution in [0.5, 0.6) is 0 Å². The standard InChI is InChI=1S/C15H28N4O2/c1-11-13(5-4-6-16-11)17-15(21)12-9-14(20)19(10-12)8-7-18(2)3/h11-13,16H,4-10H2,1-3H3,(H,17,21). The lowest BCUT2D eigenvalue weighted by atomic mass is 9.98. The van der Waals surface area contributed by atoms with Gasteiger partial charge < -0.3 is 20.4 Å². The van der Waals surface area contributed by atoms with Gasteiger partial charge in [-0.15, -0.1) is 0 Å². The van der Waals surface area contributed by atoms with Crippen LogP contribution in [0.4, 0.5) is 0 Å². The number of amides is 2. The Kier molecular flexibility index (Phi) is 5.58. The molecule has 2 saturated heterocycles. The van der Waals surface area contributed by atoms with Crippen molar-refractivity contribution >= 4 is 11.8 Å². The minimum atomic E-state index is -0.186. The van der Waals surface area contributed by atoms with Crippen LogP contribution in [-0.2, 0) is 9.59 Å². The highest BCUT2D eigenvalue weighted by atomic mass is 16.2. The van der Waals surface area contributed by atoms with Gasteiger partial charge in [0, 0.05) is 38.1 Å². The first-order valence-electron chi connectivity index (χ1n) is 7.93. The summed E-state index contributed by atoms with van der Waals surface area (Å²) in [6.07, 6.45) is 2.46. The zero-order valence-corrected chi connectivity index (χ0v) is 13.4. The van der Waals surface area contributed by atoms with Gasteiger partial charge in [0.05, 0.1) is 5.92 Å². The van der Waals surface area contributed by atoms with Crippen molar-refractivity contribution in [1.29, 1.82) is 0 Å². The van der Waals surface area contributed by atoms with E-state index in [1.165, 1.54) is 0 Å². The second kappa shape index (κ2) is 7.22. The summed E-state index contributed by atoms with van der Waals surface area (Å²) >= 11 is 0. The molecule has 2 heterocycles. The Morgan fingerprint density at radius 3 is 2.90 bits per heavy atom. The average molecular weight is 296 g/mol. The van der Waals surface area contributed by atoms with Gasteiger partial charge in [0.15, 0.2) is 0 Å². The Morgan fingerprint density at radius 2 is 2.24 bits per heavy atom. The molecule has 2 aliphatic rings. The number of hydrogen-bond donors (Lipinski definition) is 2. The molecule has 0 aromatic heterocycles. The van der Waals surface area contributed by atoms with E-state index in [9.17, 15) is 9.59 Å². The van der Waals surface area contributed by atoms with Crippen molar-refractivity contribution in [3.05, 3.63) is 0 Å². The monoisotopic (exact) mass is 296 g/mol. The lowest BCUT2D eigenvalue weighted by Gasteiger charge is -2.31. The number of carbonyl (C=O) groups excluding carboxylic acids is 2. The van der Waals surface area contributed by atoms with E-state index in [2.05, 4.69) is 22.5 Å². The number of piperidine rings is 1. The molecule has 2 aliphatic heterocycles. The van der Waals surface area contributed by atoms with Gasteiger partial charge in [0.25, 0.3) is 0 Å². The van der Waals surface area contributed by atoms with Gasteiger partial charge in [0.1, 0.15) is 0 Å². The average Bonchev–Trinajstić information content (AvgIpc) is 2.80. The summed E-state index contributed by atoms with van der Waals surface area (Å²) in [5, 5.41) is 6.51. The van der Waals surface area contributed by atoms with Crippen LogP contribution in [0.1, 0.15) is 26.2 Å². The molecule has 0 bridgehead atoms. The van der Waals surface area contributed by atoms with E-state index in [1.807, 2.05) is 19.0 Å². The summed E-state index contributed by atoms with van der Waals surface area (Å²) in [4.78, 5) is 28.2. The van der Waals surface area contributed by atoms with Gasteiger partial charge in [-0.05, 0) is 40.4 Å². The fourth-order valence-corrected chi connectivity index (χ4v) is 3.03. The highest BCUT2D eigenvalue weighted by molar-refractivity contribution is 5.89. The van der Waals surface area contributed by atoms with Gasteiger partial charge in [-0.2, -0.15) is 0 Å². The zero-order valence-electron chi connectivity index (χ0n) is 13.4. The van der Waals surface area contributed by atoms with Crippen molar-refractivity contribution in [2.24, 2.45) is 5.92 Å². The molecule has 2 fully saturated rings. The van der Waals surface area contributed by atoms with Crippen LogP contribution < -0.4 is 10.6 Å². The molecule has 6 nitrogen and oxygen atoms in total. The van der Waals surface area contributed by atoms with Crippen LogP contribution in [-0.4, -0.2) is 74.0 Å². The van der Waals surface area contributed by atoms with E-state index in [0.717, 1.165) is 25.9 Å². The predicted molar refractivity (Wildman–Crippen MR) is 81.9 cm³/mol. The molecule has 3 atom stereocenters. The van der Waals surface area contributed by atoms with Crippen molar-refractivity contribution in [3.63, 3.8) is 0 Å². The van der Waals surface area contributed by atoms with E-state index < -0.39 is 0 Å². The molecule has 0 aliphatic carbocycles. The van der Waals surface area contributed by atoms with E-state index in [-0.39, 0.29) is 23.8 Å². The molecule has 0 saturated carbocycles. The Morgan fingerprint density at radius 1 is 1.48 bits per heavy atom. The van der Waals surface area contributed by atoms with Crippen LogP contribution in [0, 0.1) is 5.92 Å². The Hall–Kier alpha value is -1.14. The van der Waals surface area contributed by atoms with Gasteiger partial charge >= 0.3 is 0 Å². The minimum absolute atomic E-state index is 0.0382. The van der Waals surface area contributed by atoms with E-state index in [0.29, 0.717) is 25.6 Å². The highest BCUT2D eigenvalue weighted by Gasteiger charge is 2.35. The lowest BCUT2D eigenvalue weighted by Crippen LogP contribution is -2.53. The number of nitrogens with zero attached hydrogens (tertiary/aromatic N) is 2. The third-order valence-corrected chi connectivity index (χ3v) is 4.49. The van der Waals surface area contributed by atoms with E-state index >= 15 is 0 Å². The van der Waals surface area contributed by atoms with Crippen LogP contribution >= 0.6 is 0 Å². The number of nitrogens with one attached hydrogen (secondary N) is 2. The number of likely N-dealkylation sites (N-methyl/N-ethyl adjacent to an activating group) is 1. The highest BCUT2D eigenvalue weighted by Crippen LogP contribution is 2.19. The maximum absolute atomic E-state index is 12.4. The first-order valence-corrected chi connectivity index (χ1v) is 7.93. The number of hydrogen-bond acceptors (Lipinski definition) is 4. The second-order valence-corrected chi connectivity index (χ2v) is 6.54. The maximum Gasteiger partial charge on any atom is 0.225 e. The van der Waals surface area contributed by atoms with Gasteiger partial charge in [-0.1, -0.05) is 0 Å². The number of rotatable bonds is 5. The summed E-state index contributed by atoms with van der Waals surface area (Å²) < 4.78 is 0. The Balaban J connectivity index is 1.82. The van der Waals surface area contributed by atoms with Crippen LogP contribution in [0.3, 0.4) is 0 Å². The molecule has 0 spiro atoms. The third kappa shape index (κ3) is 4.41. The van der Waals surface area contributed by atoms with Crippen LogP contribution in [0.25, 0.3) is 0 Å². The second-order valence-electron chi connectivity index (χ2n) is 6.54. The first-order chi connectivity index (χ1) is 9.97. The fourth-order valence-electron chi connectivity index (χ4n) is 3.03. The molecule has 0 aromatic carbocycles. The topological polar surface area (TPSA) is 64.7 Å². The smallest absolute Gasteiger partial charge is 0.225 e. The summed E-state index contributed by atoms with van der Waals surface area (Å²) in [5.41, 5.74) is 0. The molecule has 3 unspecified atom stereocenters. The Labute approximate surface area is 127 Å². The fraction of sp³-hybridized carbons (Fsp3) is 0.867. The normalized spacial score (nSPS) is 30.0. The molecule has 2 rings (SSSR count). The molecule has 6 heteroatoms. The SMILES string of the molecule is CC1NCCCC1NC(=O)C1CC(=O)N(CCN(C)C)C1. The third-order valence-electron chi connectivity index (χ3n) is 4.49. The molecular weight excluding hydrogens is 268 g/mol. The molecule has 0 aromatic rings. The summed E-state index contributed by atoms with van der Waals surface area (Å²) in [5.74, 6) is -0.0446. The molecule has 21 heavy (non-hydrogen) atoms. The van der Waals surface area contributed by atoms with Crippen LogP contribution in [0.15, 0.2) is 0 Å². The number of carbonyl (C=O) groups is 2. The van der Waals surface area contributed by atoms with Crippen molar-refractivity contribution < 1.29 is 9.59 Å². The summed E-state index contributed by atoms with van der Waals surface area (Å²) in [6.45, 7) is 5.23. The Bertz CT molecular complexity index is 386. The molecule has 2 amide bonds. The minimum Gasteiger partial charge on any atom is -0.352 e. The van der Waals surface area contributed by atoms with Crippen molar-refractivity contribution in [1.82, 2.24) is 20.4 Å². The lowest BCUT2D eigenvalue weighted by molar-refractivity contribution is -0.129.